The maximum atomic E-state index is 4.89. The summed E-state index contributed by atoms with van der Waals surface area (Å²) in [5, 5.41) is 2.31. The molecule has 0 aliphatic carbocycles. The maximum absolute atomic E-state index is 4.89. The molecule has 0 saturated heterocycles. The molecule has 0 bridgehead atoms. The molecule has 0 amide bonds. The third-order valence-electron chi connectivity index (χ3n) is 4.48. The van der Waals surface area contributed by atoms with E-state index in [1.165, 1.54) is 16.5 Å². The molecule has 0 aliphatic heterocycles. The van der Waals surface area contributed by atoms with Crippen LogP contribution in [0.5, 0.6) is 0 Å². The number of para-hydroxylation sites is 2. The third-order valence-corrected chi connectivity index (χ3v) is 4.98. The molecule has 5 aromatic rings. The summed E-state index contributed by atoms with van der Waals surface area (Å²) in [5.41, 5.74) is 6.09. The fourth-order valence-electron chi connectivity index (χ4n) is 3.25. The first-order valence-electron chi connectivity index (χ1n) is 8.13. The van der Waals surface area contributed by atoms with Gasteiger partial charge >= 0.3 is 0 Å². The van der Waals surface area contributed by atoms with Crippen molar-refractivity contribution in [1.82, 2.24) is 9.97 Å². The molecule has 0 radical (unpaired) electrons. The van der Waals surface area contributed by atoms with Crippen molar-refractivity contribution in [3.05, 3.63) is 83.3 Å². The van der Waals surface area contributed by atoms with Crippen molar-refractivity contribution in [3.63, 3.8) is 0 Å². The molecule has 1 heterocycles. The number of rotatable bonds is 1. The van der Waals surface area contributed by atoms with Gasteiger partial charge in [-0.3, -0.25) is 0 Å². The second kappa shape index (κ2) is 5.64. The van der Waals surface area contributed by atoms with Crippen LogP contribution in [-0.2, 0) is 0 Å². The maximum Gasteiger partial charge on any atom is 0.0973 e. The van der Waals surface area contributed by atoms with Crippen molar-refractivity contribution in [3.8, 4) is 11.1 Å². The summed E-state index contributed by atoms with van der Waals surface area (Å²) in [6.45, 7) is 0. The number of aromatic nitrogens is 2. The molecule has 0 spiro atoms. The van der Waals surface area contributed by atoms with E-state index >= 15 is 0 Å². The van der Waals surface area contributed by atoms with Crippen LogP contribution in [0.2, 0.25) is 0 Å². The van der Waals surface area contributed by atoms with Crippen LogP contribution >= 0.6 is 15.9 Å². The average Bonchev–Trinajstić information content (AvgIpc) is 2.66. The summed E-state index contributed by atoms with van der Waals surface area (Å²) in [4.78, 5) is 9.66. The van der Waals surface area contributed by atoms with Crippen LogP contribution in [0.15, 0.2) is 83.3 Å². The molecule has 5 rings (SSSR count). The molecule has 0 saturated carbocycles. The predicted molar refractivity (Wildman–Crippen MR) is 108 cm³/mol. The van der Waals surface area contributed by atoms with Gasteiger partial charge in [0.05, 0.1) is 22.1 Å². The quantitative estimate of drug-likeness (QED) is 0.248. The minimum absolute atomic E-state index is 0.926. The summed E-state index contributed by atoms with van der Waals surface area (Å²) in [5.74, 6) is 0. The standard InChI is InChI=1S/C22H13BrN2/c23-17-5-3-4-15(12-17)16-9-8-14-10-11-21-22(18(14)13-16)25-20-7-2-1-6-19(20)24-21/h1-13H. The summed E-state index contributed by atoms with van der Waals surface area (Å²) >= 11 is 3.55. The van der Waals surface area contributed by atoms with Crippen LogP contribution in [0.1, 0.15) is 0 Å². The van der Waals surface area contributed by atoms with Gasteiger partial charge in [0.2, 0.25) is 0 Å². The second-order valence-electron chi connectivity index (χ2n) is 6.09. The van der Waals surface area contributed by atoms with Gasteiger partial charge < -0.3 is 0 Å². The van der Waals surface area contributed by atoms with E-state index in [9.17, 15) is 0 Å². The first-order valence-corrected chi connectivity index (χ1v) is 8.92. The minimum atomic E-state index is 0.926. The Morgan fingerprint density at radius 2 is 1.36 bits per heavy atom. The van der Waals surface area contributed by atoms with Crippen molar-refractivity contribution in [2.75, 3.05) is 0 Å². The highest BCUT2D eigenvalue weighted by Crippen LogP contribution is 2.30. The number of hydrogen-bond acceptors (Lipinski definition) is 2. The Morgan fingerprint density at radius 3 is 2.20 bits per heavy atom. The van der Waals surface area contributed by atoms with E-state index in [1.807, 2.05) is 30.3 Å². The number of benzene rings is 4. The summed E-state index contributed by atoms with van der Waals surface area (Å²) in [6, 6.07) is 27.1. The van der Waals surface area contributed by atoms with Crippen LogP contribution < -0.4 is 0 Å². The van der Waals surface area contributed by atoms with Gasteiger partial charge in [-0.05, 0) is 52.9 Å². The first kappa shape index (κ1) is 14.6. The topological polar surface area (TPSA) is 25.8 Å². The van der Waals surface area contributed by atoms with E-state index in [0.29, 0.717) is 0 Å². The lowest BCUT2D eigenvalue weighted by Crippen LogP contribution is -1.89. The van der Waals surface area contributed by atoms with Gasteiger partial charge in [-0.1, -0.05) is 58.4 Å². The Balaban J connectivity index is 1.84. The van der Waals surface area contributed by atoms with Crippen LogP contribution in [0, 0.1) is 0 Å². The van der Waals surface area contributed by atoms with E-state index in [2.05, 4.69) is 64.5 Å². The normalized spacial score (nSPS) is 11.4. The molecule has 25 heavy (non-hydrogen) atoms. The van der Waals surface area contributed by atoms with Gasteiger partial charge in [0.25, 0.3) is 0 Å². The molecule has 3 heteroatoms. The fraction of sp³-hybridized carbons (Fsp3) is 0. The van der Waals surface area contributed by atoms with Crippen molar-refractivity contribution < 1.29 is 0 Å². The van der Waals surface area contributed by atoms with E-state index in [1.54, 1.807) is 0 Å². The molecule has 0 atom stereocenters. The molecular formula is C22H13BrN2. The van der Waals surface area contributed by atoms with E-state index in [4.69, 9.17) is 9.97 Å². The lowest BCUT2D eigenvalue weighted by atomic mass is 10.0. The lowest BCUT2D eigenvalue weighted by molar-refractivity contribution is 1.41. The predicted octanol–water partition coefficient (Wildman–Crippen LogP) is 6.37. The fourth-order valence-corrected chi connectivity index (χ4v) is 3.65. The minimum Gasteiger partial charge on any atom is -0.244 e. The number of hydrogen-bond donors (Lipinski definition) is 0. The zero-order valence-electron chi connectivity index (χ0n) is 13.3. The molecular weight excluding hydrogens is 372 g/mol. The lowest BCUT2D eigenvalue weighted by Gasteiger charge is -2.08. The van der Waals surface area contributed by atoms with Gasteiger partial charge in [-0.2, -0.15) is 0 Å². The van der Waals surface area contributed by atoms with Gasteiger partial charge in [-0.25, -0.2) is 9.97 Å². The van der Waals surface area contributed by atoms with E-state index in [0.717, 1.165) is 31.9 Å². The SMILES string of the molecule is Brc1cccc(-c2ccc3ccc4nc5ccccc5nc4c3c2)c1. The molecule has 0 fully saturated rings. The zero-order chi connectivity index (χ0) is 16.8. The summed E-state index contributed by atoms with van der Waals surface area (Å²) in [6.07, 6.45) is 0. The molecule has 0 unspecified atom stereocenters. The van der Waals surface area contributed by atoms with Crippen molar-refractivity contribution in [2.24, 2.45) is 0 Å². The van der Waals surface area contributed by atoms with E-state index < -0.39 is 0 Å². The highest BCUT2D eigenvalue weighted by atomic mass is 79.9. The number of fused-ring (bicyclic) bond motifs is 4. The Morgan fingerprint density at radius 1 is 0.600 bits per heavy atom. The van der Waals surface area contributed by atoms with Gasteiger partial charge in [0.1, 0.15) is 0 Å². The Kier molecular flexibility index (Phi) is 3.28. The molecule has 118 valence electrons. The molecule has 0 N–H and O–H groups in total. The van der Waals surface area contributed by atoms with Crippen LogP contribution in [0.4, 0.5) is 0 Å². The third kappa shape index (κ3) is 2.48. The monoisotopic (exact) mass is 384 g/mol. The molecule has 1 aromatic heterocycles. The van der Waals surface area contributed by atoms with Gasteiger partial charge in [0, 0.05) is 9.86 Å². The van der Waals surface area contributed by atoms with Gasteiger partial charge in [0.15, 0.2) is 0 Å². The molecule has 0 aliphatic rings. The number of nitrogens with zero attached hydrogens (tertiary/aromatic N) is 2. The Bertz CT molecular complexity index is 1260. The van der Waals surface area contributed by atoms with E-state index in [-0.39, 0.29) is 0 Å². The van der Waals surface area contributed by atoms with Crippen molar-refractivity contribution >= 4 is 48.8 Å². The zero-order valence-corrected chi connectivity index (χ0v) is 14.9. The largest absolute Gasteiger partial charge is 0.244 e. The highest BCUT2D eigenvalue weighted by molar-refractivity contribution is 9.10. The molecule has 4 aromatic carbocycles. The average molecular weight is 385 g/mol. The Labute approximate surface area is 153 Å². The summed E-state index contributed by atoms with van der Waals surface area (Å²) in [7, 11) is 0. The second-order valence-corrected chi connectivity index (χ2v) is 7.01. The van der Waals surface area contributed by atoms with Crippen LogP contribution in [-0.4, -0.2) is 9.97 Å². The van der Waals surface area contributed by atoms with Crippen molar-refractivity contribution in [1.29, 1.82) is 0 Å². The summed E-state index contributed by atoms with van der Waals surface area (Å²) < 4.78 is 1.08. The number of halogens is 1. The van der Waals surface area contributed by atoms with Crippen LogP contribution in [0.3, 0.4) is 0 Å². The highest BCUT2D eigenvalue weighted by Gasteiger charge is 2.07. The Hall–Kier alpha value is -2.78. The van der Waals surface area contributed by atoms with Crippen molar-refractivity contribution in [2.45, 2.75) is 0 Å². The van der Waals surface area contributed by atoms with Crippen LogP contribution in [0.25, 0.3) is 44.0 Å². The first-order chi connectivity index (χ1) is 12.3. The smallest absolute Gasteiger partial charge is 0.0973 e. The van der Waals surface area contributed by atoms with Gasteiger partial charge in [-0.15, -0.1) is 0 Å². The molecule has 2 nitrogen and oxygen atoms in total.